The molecule has 0 saturated heterocycles. The average molecular weight is 181 g/mol. The van der Waals surface area contributed by atoms with Gasteiger partial charge in [0.25, 0.3) is 0 Å². The fraction of sp³-hybridized carbons (Fsp3) is 0.800. The van der Waals surface area contributed by atoms with E-state index in [2.05, 4.69) is 37.7 Å². The van der Waals surface area contributed by atoms with E-state index in [4.69, 9.17) is 0 Å². The molecule has 0 spiro atoms. The third kappa shape index (κ3) is 2.29. The summed E-state index contributed by atoms with van der Waals surface area (Å²) in [5.74, 6) is 0. The molecular formula is C10H19N3. The molecule has 1 rings (SSSR count). The highest BCUT2D eigenvalue weighted by molar-refractivity contribution is 5.14. The first-order chi connectivity index (χ1) is 5.72. The van der Waals surface area contributed by atoms with Crippen LogP contribution in [0.1, 0.15) is 34.6 Å². The van der Waals surface area contributed by atoms with Crippen LogP contribution in [0.25, 0.3) is 0 Å². The molecule has 13 heavy (non-hydrogen) atoms. The van der Waals surface area contributed by atoms with E-state index in [1.807, 2.05) is 18.9 Å². The van der Waals surface area contributed by atoms with Gasteiger partial charge in [-0.05, 0) is 19.3 Å². The van der Waals surface area contributed by atoms with Crippen LogP contribution in [-0.2, 0) is 0 Å². The van der Waals surface area contributed by atoms with Gasteiger partial charge in [-0.15, -0.1) is 0 Å². The SMILES string of the molecule is C=C1N(CC(C)(C)C)N=NC1(C)C. The Morgan fingerprint density at radius 3 is 2.23 bits per heavy atom. The van der Waals surface area contributed by atoms with E-state index in [-0.39, 0.29) is 11.0 Å². The van der Waals surface area contributed by atoms with E-state index in [1.54, 1.807) is 0 Å². The van der Waals surface area contributed by atoms with E-state index in [0.717, 1.165) is 12.2 Å². The maximum atomic E-state index is 4.17. The van der Waals surface area contributed by atoms with Crippen LogP contribution in [0.2, 0.25) is 0 Å². The summed E-state index contributed by atoms with van der Waals surface area (Å²) in [6.45, 7) is 15.5. The largest absolute Gasteiger partial charge is 0.249 e. The van der Waals surface area contributed by atoms with Crippen LogP contribution in [0.3, 0.4) is 0 Å². The second kappa shape index (κ2) is 2.82. The molecule has 74 valence electrons. The minimum Gasteiger partial charge on any atom is -0.249 e. The molecule has 0 aromatic heterocycles. The summed E-state index contributed by atoms with van der Waals surface area (Å²) in [7, 11) is 0. The summed E-state index contributed by atoms with van der Waals surface area (Å²) >= 11 is 0. The third-order valence-electron chi connectivity index (χ3n) is 2.04. The Hall–Kier alpha value is -0.860. The second-order valence-electron chi connectivity index (χ2n) is 5.31. The van der Waals surface area contributed by atoms with Crippen LogP contribution >= 0.6 is 0 Å². The lowest BCUT2D eigenvalue weighted by molar-refractivity contribution is 0.242. The smallest absolute Gasteiger partial charge is 0.119 e. The van der Waals surface area contributed by atoms with Gasteiger partial charge in [-0.25, -0.2) is 5.01 Å². The van der Waals surface area contributed by atoms with Gasteiger partial charge >= 0.3 is 0 Å². The van der Waals surface area contributed by atoms with E-state index < -0.39 is 0 Å². The van der Waals surface area contributed by atoms with E-state index >= 15 is 0 Å². The highest BCUT2D eigenvalue weighted by Gasteiger charge is 2.33. The highest BCUT2D eigenvalue weighted by atomic mass is 15.6. The fourth-order valence-corrected chi connectivity index (χ4v) is 1.17. The van der Waals surface area contributed by atoms with Gasteiger partial charge in [-0.1, -0.05) is 32.6 Å². The lowest BCUT2D eigenvalue weighted by Crippen LogP contribution is -2.30. The number of nitrogens with zero attached hydrogens (tertiary/aromatic N) is 3. The van der Waals surface area contributed by atoms with Crippen molar-refractivity contribution >= 4 is 0 Å². The average Bonchev–Trinajstić information content (AvgIpc) is 2.13. The molecule has 0 aliphatic carbocycles. The quantitative estimate of drug-likeness (QED) is 0.611. The summed E-state index contributed by atoms with van der Waals surface area (Å²) in [5.41, 5.74) is 0.996. The van der Waals surface area contributed by atoms with Crippen molar-refractivity contribution in [2.75, 3.05) is 6.54 Å². The van der Waals surface area contributed by atoms with Crippen molar-refractivity contribution in [2.45, 2.75) is 40.2 Å². The van der Waals surface area contributed by atoms with Crippen molar-refractivity contribution in [2.24, 2.45) is 15.8 Å². The van der Waals surface area contributed by atoms with Gasteiger partial charge in [0.05, 0.1) is 5.70 Å². The monoisotopic (exact) mass is 181 g/mol. The lowest BCUT2D eigenvalue weighted by atomic mass is 9.95. The Balaban J connectivity index is 2.68. The first kappa shape index (κ1) is 10.2. The molecule has 1 heterocycles. The molecule has 1 aliphatic rings. The predicted molar refractivity (Wildman–Crippen MR) is 54.2 cm³/mol. The van der Waals surface area contributed by atoms with Gasteiger partial charge < -0.3 is 0 Å². The molecule has 0 bridgehead atoms. The normalized spacial score (nSPS) is 21.3. The highest BCUT2D eigenvalue weighted by Crippen LogP contribution is 2.32. The van der Waals surface area contributed by atoms with Crippen LogP contribution in [0, 0.1) is 5.41 Å². The molecule has 0 amide bonds. The molecule has 0 atom stereocenters. The van der Waals surface area contributed by atoms with Gasteiger partial charge in [0.15, 0.2) is 0 Å². The van der Waals surface area contributed by atoms with Crippen molar-refractivity contribution in [1.82, 2.24) is 5.01 Å². The van der Waals surface area contributed by atoms with Crippen LogP contribution in [-0.4, -0.2) is 17.1 Å². The Morgan fingerprint density at radius 1 is 1.38 bits per heavy atom. The van der Waals surface area contributed by atoms with Crippen molar-refractivity contribution in [1.29, 1.82) is 0 Å². The number of rotatable bonds is 1. The Morgan fingerprint density at radius 2 is 1.92 bits per heavy atom. The molecule has 0 aromatic rings. The van der Waals surface area contributed by atoms with E-state index in [0.29, 0.717) is 0 Å². The Bertz CT molecular complexity index is 245. The summed E-state index contributed by atoms with van der Waals surface area (Å²) in [5, 5.41) is 10.2. The predicted octanol–water partition coefficient (Wildman–Crippen LogP) is 3.01. The molecule has 0 unspecified atom stereocenters. The first-order valence-electron chi connectivity index (χ1n) is 4.62. The van der Waals surface area contributed by atoms with E-state index in [9.17, 15) is 0 Å². The van der Waals surface area contributed by atoms with Gasteiger partial charge in [0, 0.05) is 6.54 Å². The molecule has 0 saturated carbocycles. The fourth-order valence-electron chi connectivity index (χ4n) is 1.17. The molecule has 0 N–H and O–H groups in total. The zero-order chi connectivity index (χ0) is 10.3. The van der Waals surface area contributed by atoms with Gasteiger partial charge in [-0.3, -0.25) is 0 Å². The minimum absolute atomic E-state index is 0.217. The van der Waals surface area contributed by atoms with E-state index in [1.165, 1.54) is 0 Å². The van der Waals surface area contributed by atoms with Crippen molar-refractivity contribution in [3.8, 4) is 0 Å². The van der Waals surface area contributed by atoms with Crippen molar-refractivity contribution < 1.29 is 0 Å². The number of hydrogen-bond acceptors (Lipinski definition) is 3. The topological polar surface area (TPSA) is 28.0 Å². The first-order valence-corrected chi connectivity index (χ1v) is 4.62. The molecule has 3 heteroatoms. The van der Waals surface area contributed by atoms with Crippen LogP contribution in [0.4, 0.5) is 0 Å². The maximum absolute atomic E-state index is 4.17. The molecule has 0 radical (unpaired) electrons. The summed E-state index contributed by atoms with van der Waals surface area (Å²) in [6, 6.07) is 0. The molecule has 1 aliphatic heterocycles. The molecule has 3 nitrogen and oxygen atoms in total. The molecular weight excluding hydrogens is 162 g/mol. The zero-order valence-electron chi connectivity index (χ0n) is 9.26. The molecule has 0 aromatic carbocycles. The number of hydrogen-bond donors (Lipinski definition) is 0. The van der Waals surface area contributed by atoms with Crippen LogP contribution in [0.5, 0.6) is 0 Å². The Labute approximate surface area is 80.5 Å². The summed E-state index contributed by atoms with van der Waals surface area (Å²) in [6.07, 6.45) is 0. The molecule has 0 fully saturated rings. The van der Waals surface area contributed by atoms with Crippen molar-refractivity contribution in [3.05, 3.63) is 12.3 Å². The third-order valence-corrected chi connectivity index (χ3v) is 2.04. The minimum atomic E-state index is -0.217. The van der Waals surface area contributed by atoms with Crippen molar-refractivity contribution in [3.63, 3.8) is 0 Å². The lowest BCUT2D eigenvalue weighted by Gasteiger charge is -2.27. The Kier molecular flexibility index (Phi) is 2.22. The van der Waals surface area contributed by atoms with Crippen LogP contribution < -0.4 is 0 Å². The van der Waals surface area contributed by atoms with Gasteiger partial charge in [-0.2, -0.15) is 5.11 Å². The second-order valence-corrected chi connectivity index (χ2v) is 5.31. The van der Waals surface area contributed by atoms with Crippen LogP contribution in [0.15, 0.2) is 22.6 Å². The van der Waals surface area contributed by atoms with Gasteiger partial charge in [0.1, 0.15) is 5.54 Å². The zero-order valence-corrected chi connectivity index (χ0v) is 9.26. The standard InChI is InChI=1S/C10H19N3/c1-8-10(5,6)11-12-13(8)7-9(2,3)4/h1,7H2,2-6H3. The van der Waals surface area contributed by atoms with Gasteiger partial charge in [0.2, 0.25) is 0 Å². The summed E-state index contributed by atoms with van der Waals surface area (Å²) < 4.78 is 0. The summed E-state index contributed by atoms with van der Waals surface area (Å²) in [4.78, 5) is 0. The maximum Gasteiger partial charge on any atom is 0.119 e.